The van der Waals surface area contributed by atoms with E-state index in [0.717, 1.165) is 12.2 Å². The van der Waals surface area contributed by atoms with Gasteiger partial charge in [0.15, 0.2) is 0 Å². The molecule has 0 heterocycles. The van der Waals surface area contributed by atoms with Gasteiger partial charge in [0.2, 0.25) is 0 Å². The Morgan fingerprint density at radius 3 is 2.06 bits per heavy atom. The van der Waals surface area contributed by atoms with E-state index in [2.05, 4.69) is 0 Å². The maximum absolute atomic E-state index is 10.7. The molecule has 0 aromatic carbocycles. The summed E-state index contributed by atoms with van der Waals surface area (Å²) in [7, 11) is -8.22. The van der Waals surface area contributed by atoms with Gasteiger partial charge in [-0.15, -0.1) is 0 Å². The Morgan fingerprint density at radius 2 is 1.69 bits per heavy atom. The second kappa shape index (κ2) is 6.70. The SMILES string of the molecule is CCCC(C=CP(=O)(O)O)CCP(=O)(O)O. The van der Waals surface area contributed by atoms with Gasteiger partial charge in [-0.1, -0.05) is 19.4 Å². The van der Waals surface area contributed by atoms with E-state index in [-0.39, 0.29) is 18.5 Å². The van der Waals surface area contributed by atoms with Crippen molar-refractivity contribution in [1.82, 2.24) is 0 Å². The van der Waals surface area contributed by atoms with Gasteiger partial charge in [0.25, 0.3) is 0 Å². The van der Waals surface area contributed by atoms with Crippen LogP contribution < -0.4 is 0 Å². The molecule has 4 N–H and O–H groups in total. The van der Waals surface area contributed by atoms with Gasteiger partial charge < -0.3 is 19.6 Å². The zero-order valence-electron chi connectivity index (χ0n) is 9.06. The fraction of sp³-hybridized carbons (Fsp3) is 0.750. The van der Waals surface area contributed by atoms with Crippen molar-refractivity contribution in [2.75, 3.05) is 6.16 Å². The van der Waals surface area contributed by atoms with Crippen molar-refractivity contribution in [3.8, 4) is 0 Å². The molecule has 0 aliphatic heterocycles. The fourth-order valence-electron chi connectivity index (χ4n) is 1.28. The number of allylic oxidation sites excluding steroid dienone is 1. The first kappa shape index (κ1) is 16.0. The van der Waals surface area contributed by atoms with Crippen LogP contribution in [-0.2, 0) is 9.13 Å². The van der Waals surface area contributed by atoms with E-state index in [1.807, 2.05) is 6.92 Å². The Kier molecular flexibility index (Phi) is 6.71. The summed E-state index contributed by atoms with van der Waals surface area (Å²) >= 11 is 0. The highest BCUT2D eigenvalue weighted by Crippen LogP contribution is 2.39. The van der Waals surface area contributed by atoms with Crippen LogP contribution in [0.3, 0.4) is 0 Å². The molecule has 16 heavy (non-hydrogen) atoms. The molecule has 0 fully saturated rings. The lowest BCUT2D eigenvalue weighted by molar-refractivity contribution is 0.367. The first-order chi connectivity index (χ1) is 7.14. The molecule has 0 aromatic heterocycles. The van der Waals surface area contributed by atoms with Crippen molar-refractivity contribution in [3.05, 3.63) is 11.9 Å². The molecule has 0 radical (unpaired) electrons. The molecular weight excluding hydrogens is 254 g/mol. The van der Waals surface area contributed by atoms with E-state index in [1.54, 1.807) is 0 Å². The van der Waals surface area contributed by atoms with E-state index < -0.39 is 15.2 Å². The smallest absolute Gasteiger partial charge is 0.324 e. The van der Waals surface area contributed by atoms with Crippen LogP contribution in [0, 0.1) is 5.92 Å². The zero-order valence-corrected chi connectivity index (χ0v) is 10.8. The summed E-state index contributed by atoms with van der Waals surface area (Å²) in [6.07, 6.45) is 2.76. The molecule has 6 nitrogen and oxygen atoms in total. The number of rotatable bonds is 7. The molecule has 1 atom stereocenters. The van der Waals surface area contributed by atoms with Crippen molar-refractivity contribution >= 4 is 15.2 Å². The lowest BCUT2D eigenvalue weighted by Crippen LogP contribution is -2.00. The minimum Gasteiger partial charge on any atom is -0.324 e. The first-order valence-electron chi connectivity index (χ1n) is 4.93. The summed E-state index contributed by atoms with van der Waals surface area (Å²) in [5.74, 6) is 0.595. The lowest BCUT2D eigenvalue weighted by Gasteiger charge is -2.12. The number of hydrogen-bond acceptors (Lipinski definition) is 2. The third kappa shape index (κ3) is 10.6. The Balaban J connectivity index is 4.34. The fourth-order valence-corrected chi connectivity index (χ4v) is 2.41. The van der Waals surface area contributed by atoms with Crippen molar-refractivity contribution in [2.45, 2.75) is 26.2 Å². The molecule has 0 aliphatic rings. The molecule has 0 spiro atoms. The average molecular weight is 272 g/mol. The van der Waals surface area contributed by atoms with Crippen molar-refractivity contribution in [1.29, 1.82) is 0 Å². The van der Waals surface area contributed by atoms with Crippen LogP contribution in [-0.4, -0.2) is 25.7 Å². The Labute approximate surface area is 94.7 Å². The molecular formula is C8H18O6P2. The summed E-state index contributed by atoms with van der Waals surface area (Å²) < 4.78 is 21.3. The van der Waals surface area contributed by atoms with Gasteiger partial charge in [-0.3, -0.25) is 9.13 Å². The highest BCUT2D eigenvalue weighted by atomic mass is 31.2. The second-order valence-electron chi connectivity index (χ2n) is 3.66. The van der Waals surface area contributed by atoms with Gasteiger partial charge in [-0.05, 0) is 18.8 Å². The first-order valence-corrected chi connectivity index (χ1v) is 8.41. The molecule has 0 rings (SSSR count). The van der Waals surface area contributed by atoms with Crippen LogP contribution in [0.1, 0.15) is 26.2 Å². The molecule has 0 saturated heterocycles. The monoisotopic (exact) mass is 272 g/mol. The molecule has 0 saturated carbocycles. The van der Waals surface area contributed by atoms with Crippen molar-refractivity contribution in [3.63, 3.8) is 0 Å². The van der Waals surface area contributed by atoms with Crippen LogP contribution in [0.25, 0.3) is 0 Å². The largest absolute Gasteiger partial charge is 0.348 e. The normalized spacial score (nSPS) is 15.6. The maximum Gasteiger partial charge on any atom is 0.348 e. The van der Waals surface area contributed by atoms with E-state index in [0.29, 0.717) is 6.42 Å². The van der Waals surface area contributed by atoms with Crippen molar-refractivity contribution < 1.29 is 28.7 Å². The van der Waals surface area contributed by atoms with Gasteiger partial charge in [-0.2, -0.15) is 0 Å². The van der Waals surface area contributed by atoms with Gasteiger partial charge >= 0.3 is 15.2 Å². The maximum atomic E-state index is 10.7. The Hall–Kier alpha value is 0.0400. The average Bonchev–Trinajstić information content (AvgIpc) is 2.07. The highest BCUT2D eigenvalue weighted by Gasteiger charge is 2.16. The van der Waals surface area contributed by atoms with E-state index in [9.17, 15) is 9.13 Å². The summed E-state index contributed by atoms with van der Waals surface area (Å²) in [6, 6.07) is 0. The van der Waals surface area contributed by atoms with Gasteiger partial charge in [0.1, 0.15) is 0 Å². The van der Waals surface area contributed by atoms with Crippen LogP contribution in [0.15, 0.2) is 11.9 Å². The van der Waals surface area contributed by atoms with E-state index >= 15 is 0 Å². The topological polar surface area (TPSA) is 115 Å². The Morgan fingerprint density at radius 1 is 1.12 bits per heavy atom. The molecule has 0 bridgehead atoms. The third-order valence-corrected chi connectivity index (χ3v) is 3.40. The molecule has 0 aromatic rings. The van der Waals surface area contributed by atoms with Crippen LogP contribution in [0.2, 0.25) is 0 Å². The summed E-state index contributed by atoms with van der Waals surface area (Å²) in [6.45, 7) is 1.90. The van der Waals surface area contributed by atoms with E-state index in [4.69, 9.17) is 19.6 Å². The molecule has 0 aliphatic carbocycles. The third-order valence-electron chi connectivity index (χ3n) is 2.00. The van der Waals surface area contributed by atoms with Crippen LogP contribution in [0.5, 0.6) is 0 Å². The molecule has 1 unspecified atom stereocenters. The minimum atomic E-state index is -4.18. The zero-order chi connectivity index (χ0) is 12.8. The second-order valence-corrected chi connectivity index (χ2v) is 6.91. The summed E-state index contributed by atoms with van der Waals surface area (Å²) in [4.78, 5) is 34.7. The molecule has 8 heteroatoms. The van der Waals surface area contributed by atoms with Crippen LogP contribution >= 0.6 is 15.2 Å². The summed E-state index contributed by atoms with van der Waals surface area (Å²) in [5.41, 5.74) is 0. The van der Waals surface area contributed by atoms with E-state index in [1.165, 1.54) is 6.08 Å². The quantitative estimate of drug-likeness (QED) is 0.524. The van der Waals surface area contributed by atoms with Crippen molar-refractivity contribution in [2.24, 2.45) is 5.92 Å². The minimum absolute atomic E-state index is 0.203. The highest BCUT2D eigenvalue weighted by molar-refractivity contribution is 7.55. The van der Waals surface area contributed by atoms with Gasteiger partial charge in [0, 0.05) is 5.82 Å². The Bertz CT molecular complexity index is 314. The molecule has 0 amide bonds. The lowest BCUT2D eigenvalue weighted by atomic mass is 10.0. The van der Waals surface area contributed by atoms with Gasteiger partial charge in [0.05, 0.1) is 6.16 Å². The van der Waals surface area contributed by atoms with Crippen LogP contribution in [0.4, 0.5) is 0 Å². The molecule has 96 valence electrons. The number of hydrogen-bond donors (Lipinski definition) is 4. The predicted octanol–water partition coefficient (Wildman–Crippen LogP) is 1.66. The summed E-state index contributed by atoms with van der Waals surface area (Å²) in [5, 5.41) is 0. The standard InChI is InChI=1S/C8H18O6P2/c1-2-3-8(4-6-15(9,10)11)5-7-16(12,13)14/h4,6,8H,2-3,5,7H2,1H3,(H2,9,10,11)(H2,12,13,14). The van der Waals surface area contributed by atoms with Gasteiger partial charge in [-0.25, -0.2) is 0 Å². The predicted molar refractivity (Wildman–Crippen MR) is 61.1 cm³/mol.